The average molecular weight is 705 g/mol. The Labute approximate surface area is 251 Å². The molecule has 38 heavy (non-hydrogen) atoms. The molecule has 0 spiro atoms. The monoisotopic (exact) mass is 706 g/mol. The number of rotatable bonds is 6. The summed E-state index contributed by atoms with van der Waals surface area (Å²) >= 11 is 4.37. The van der Waals surface area contributed by atoms with Crippen molar-refractivity contribution in [2.24, 2.45) is 0 Å². The Morgan fingerprint density at radius 3 is 1.68 bits per heavy atom. The molecule has 0 saturated heterocycles. The van der Waals surface area contributed by atoms with Crippen LogP contribution in [0.15, 0.2) is 24.3 Å². The van der Waals surface area contributed by atoms with Crippen LogP contribution in [-0.4, -0.2) is 45.2 Å². The number of nitrogens with zero attached hydrogens (tertiary/aromatic N) is 2. The zero-order valence-electron chi connectivity index (χ0n) is 24.3. The van der Waals surface area contributed by atoms with E-state index in [1.54, 1.807) is 8.12 Å². The zero-order chi connectivity index (χ0) is 28.3. The van der Waals surface area contributed by atoms with Gasteiger partial charge in [-0.1, -0.05) is 0 Å². The van der Waals surface area contributed by atoms with Gasteiger partial charge in [-0.25, -0.2) is 0 Å². The number of hydrogen-bond acceptors (Lipinski definition) is 3. The fourth-order valence-corrected chi connectivity index (χ4v) is 22.0. The average Bonchev–Trinajstić information content (AvgIpc) is 3.55. The second-order valence-electron chi connectivity index (χ2n) is 13.3. The molecule has 0 radical (unpaired) electrons. The van der Waals surface area contributed by atoms with Crippen LogP contribution in [0.5, 0.6) is 0 Å². The molecule has 0 amide bonds. The zero-order valence-corrected chi connectivity index (χ0v) is 31.3. The number of fused-ring (bicyclic) bond motifs is 1. The van der Waals surface area contributed by atoms with E-state index in [-0.39, 0.29) is 0 Å². The molecule has 0 aliphatic heterocycles. The maximum absolute atomic E-state index is 9.88. The van der Waals surface area contributed by atoms with E-state index < -0.39 is 16.1 Å². The van der Waals surface area contributed by atoms with Gasteiger partial charge >= 0.3 is 253 Å². The number of thiophene rings is 2. The third kappa shape index (κ3) is 5.63. The van der Waals surface area contributed by atoms with E-state index in [1.807, 2.05) is 22.7 Å². The summed E-state index contributed by atoms with van der Waals surface area (Å²) in [5, 5.41) is 10.5. The first-order valence-electron chi connectivity index (χ1n) is 13.0. The van der Waals surface area contributed by atoms with Gasteiger partial charge in [-0.05, 0) is 0 Å². The van der Waals surface area contributed by atoms with Crippen molar-refractivity contribution in [2.45, 2.75) is 90.6 Å². The molecule has 4 aromatic heterocycles. The molecule has 4 heterocycles. The summed E-state index contributed by atoms with van der Waals surface area (Å²) in [5.74, 6) is 0. The summed E-state index contributed by atoms with van der Waals surface area (Å²) in [4.78, 5) is 6.70. The molecule has 0 aliphatic rings. The third-order valence-corrected chi connectivity index (χ3v) is 32.8. The Balaban J connectivity index is 1.57. The number of hydrogen-bond donors (Lipinski definition) is 0. The fourth-order valence-electron chi connectivity index (χ4n) is 4.08. The van der Waals surface area contributed by atoms with Gasteiger partial charge in [-0.3, -0.25) is 0 Å². The van der Waals surface area contributed by atoms with E-state index in [9.17, 15) is 5.26 Å². The molecule has 0 unspecified atom stereocenters. The van der Waals surface area contributed by atoms with Crippen LogP contribution in [0.2, 0.25) is 36.3 Å². The minimum atomic E-state index is -1.59. The van der Waals surface area contributed by atoms with Crippen molar-refractivity contribution in [3.63, 3.8) is 0 Å². The van der Waals surface area contributed by atoms with E-state index in [1.165, 1.54) is 28.0 Å². The van der Waals surface area contributed by atoms with Gasteiger partial charge in [0, 0.05) is 0 Å². The topological polar surface area (TPSA) is 28.1 Å². The van der Waals surface area contributed by atoms with Crippen LogP contribution < -0.4 is 8.12 Å². The van der Waals surface area contributed by atoms with E-state index in [0.29, 0.717) is 39.1 Å². The molecular weight excluding hydrogens is 667 g/mol. The van der Waals surface area contributed by atoms with Crippen LogP contribution >= 0.6 is 22.7 Å². The van der Waals surface area contributed by atoms with Gasteiger partial charge in [0.15, 0.2) is 0 Å². The van der Waals surface area contributed by atoms with Crippen molar-refractivity contribution in [3.8, 4) is 6.07 Å². The van der Waals surface area contributed by atoms with Crippen molar-refractivity contribution in [3.05, 3.63) is 59.9 Å². The Bertz CT molecular complexity index is 1430. The first-order valence-corrected chi connectivity index (χ1v) is 24.1. The van der Waals surface area contributed by atoms with Gasteiger partial charge in [-0.15, -0.1) is 0 Å². The number of nitriles is 1. The van der Waals surface area contributed by atoms with Crippen LogP contribution in [0.4, 0.5) is 5.69 Å². The van der Waals surface area contributed by atoms with Crippen molar-refractivity contribution < 1.29 is 0 Å². The van der Waals surface area contributed by atoms with Gasteiger partial charge in [0.1, 0.15) is 0 Å². The molecule has 0 saturated carbocycles. The molecule has 4 rings (SSSR count). The van der Waals surface area contributed by atoms with E-state index in [0.717, 1.165) is 24.1 Å². The van der Waals surface area contributed by atoms with Crippen molar-refractivity contribution >= 4 is 91.0 Å². The van der Waals surface area contributed by atoms with E-state index in [2.05, 4.69) is 103 Å². The van der Waals surface area contributed by atoms with Crippen LogP contribution in [0.3, 0.4) is 0 Å². The van der Waals surface area contributed by atoms with Gasteiger partial charge in [0.25, 0.3) is 0 Å². The molecule has 4 aromatic rings. The Morgan fingerprint density at radius 2 is 1.24 bits per heavy atom. The quantitative estimate of drug-likeness (QED) is 0.147. The Hall–Kier alpha value is -0.927. The molecule has 2 nitrogen and oxygen atoms in total. The Morgan fingerprint density at radius 1 is 0.789 bits per heavy atom. The van der Waals surface area contributed by atoms with Crippen LogP contribution in [-0.2, 0) is 12.8 Å². The van der Waals surface area contributed by atoms with E-state index in [4.69, 9.17) is 6.57 Å². The Kier molecular flexibility index (Phi) is 8.28. The van der Waals surface area contributed by atoms with Gasteiger partial charge < -0.3 is 0 Å². The summed E-state index contributed by atoms with van der Waals surface area (Å²) in [6, 6.07) is 11.7. The molecular formula is C30H38N2S2Se2Si2. The van der Waals surface area contributed by atoms with Gasteiger partial charge in [-0.2, -0.15) is 0 Å². The van der Waals surface area contributed by atoms with Crippen molar-refractivity contribution in [1.82, 2.24) is 0 Å². The predicted molar refractivity (Wildman–Crippen MR) is 177 cm³/mol. The molecule has 0 aromatic carbocycles. The van der Waals surface area contributed by atoms with Gasteiger partial charge in [0.2, 0.25) is 0 Å². The third-order valence-electron chi connectivity index (χ3n) is 8.80. The second kappa shape index (κ2) is 10.5. The standard InChI is InChI=1S/C30H38N2S2Se2Si2/c1-29(2,3)37(8,9)27-12-19(18-31)25(35-27)15-20-13-23-24(33-20)14-21(34-23)16-26-22(32-7)17-28(36-26)38(10,11)30(4,5)6/h12-14,17H,15-16H2,1-6,8-11H3. The predicted octanol–water partition coefficient (Wildman–Crippen LogP) is 8.11. The maximum atomic E-state index is 9.88. The summed E-state index contributed by atoms with van der Waals surface area (Å²) in [5.41, 5.74) is 1.83. The molecule has 0 atom stereocenters. The van der Waals surface area contributed by atoms with Crippen molar-refractivity contribution in [2.75, 3.05) is 0 Å². The summed E-state index contributed by atoms with van der Waals surface area (Å²) in [6.45, 7) is 31.8. The normalized spacial score (nSPS) is 13.2. The molecule has 0 N–H and O–H groups in total. The molecule has 0 aliphatic carbocycles. The molecule has 200 valence electrons. The second-order valence-corrected chi connectivity index (χ2v) is 32.7. The molecule has 0 fully saturated rings. The molecule has 0 bridgehead atoms. The first kappa shape index (κ1) is 30.0. The van der Waals surface area contributed by atoms with Crippen LogP contribution in [0.25, 0.3) is 14.2 Å². The molecule has 8 heteroatoms. The van der Waals surface area contributed by atoms with Crippen molar-refractivity contribution in [1.29, 1.82) is 5.26 Å². The summed E-state index contributed by atoms with van der Waals surface area (Å²) in [7, 11) is -3.18. The van der Waals surface area contributed by atoms with Crippen LogP contribution in [0.1, 0.15) is 65.7 Å². The summed E-state index contributed by atoms with van der Waals surface area (Å²) in [6.07, 6.45) is 1.83. The minimum absolute atomic E-state index is 0.290. The van der Waals surface area contributed by atoms with E-state index >= 15 is 0 Å². The van der Waals surface area contributed by atoms with Gasteiger partial charge in [0.05, 0.1) is 0 Å². The summed E-state index contributed by atoms with van der Waals surface area (Å²) < 4.78 is 8.61. The fraction of sp³-hybridized carbons (Fsp3) is 0.467. The van der Waals surface area contributed by atoms with Crippen LogP contribution in [0, 0.1) is 17.9 Å². The SMILES string of the molecule is [C-]#[N+]c1cc([Si](C)(C)C(C)(C)C)[se]c1Cc1cc2sc(Cc3[se]c([Si](C)(C)C(C)(C)C)cc3C#N)cc2s1. The first-order chi connectivity index (χ1) is 17.5.